The van der Waals surface area contributed by atoms with Crippen molar-refractivity contribution in [3.8, 4) is 0 Å². The maximum absolute atomic E-state index is 13.3. The predicted octanol–water partition coefficient (Wildman–Crippen LogP) is 3.09. The van der Waals surface area contributed by atoms with Crippen molar-refractivity contribution in [1.29, 1.82) is 0 Å². The number of sulfonamides is 1. The molecule has 0 bridgehead atoms. The average molecular weight is 374 g/mol. The van der Waals surface area contributed by atoms with E-state index in [4.69, 9.17) is 5.11 Å². The van der Waals surface area contributed by atoms with Gasteiger partial charge in [-0.05, 0) is 36.4 Å². The van der Waals surface area contributed by atoms with Gasteiger partial charge in [0.05, 0.1) is 10.5 Å². The summed E-state index contributed by atoms with van der Waals surface area (Å²) in [4.78, 5) is 10.8. The SMILES string of the molecule is O=C(O)c1cc(NS(=O)(=O)c2cccc(Br)c2)ccc1F. The van der Waals surface area contributed by atoms with E-state index in [9.17, 15) is 17.6 Å². The lowest BCUT2D eigenvalue weighted by Crippen LogP contribution is -2.13. The number of anilines is 1. The molecule has 0 atom stereocenters. The van der Waals surface area contributed by atoms with E-state index in [2.05, 4.69) is 20.7 Å². The van der Waals surface area contributed by atoms with Gasteiger partial charge in [0.2, 0.25) is 0 Å². The van der Waals surface area contributed by atoms with Crippen molar-refractivity contribution in [2.24, 2.45) is 0 Å². The van der Waals surface area contributed by atoms with Crippen molar-refractivity contribution < 1.29 is 22.7 Å². The van der Waals surface area contributed by atoms with Gasteiger partial charge in [0.25, 0.3) is 10.0 Å². The fraction of sp³-hybridized carbons (Fsp3) is 0. The topological polar surface area (TPSA) is 83.5 Å². The average Bonchev–Trinajstić information content (AvgIpc) is 2.40. The first kappa shape index (κ1) is 15.5. The third kappa shape index (κ3) is 3.59. The van der Waals surface area contributed by atoms with E-state index >= 15 is 0 Å². The molecule has 2 N–H and O–H groups in total. The van der Waals surface area contributed by atoms with Crippen LogP contribution >= 0.6 is 15.9 Å². The molecule has 0 heterocycles. The summed E-state index contributed by atoms with van der Waals surface area (Å²) in [6.07, 6.45) is 0. The van der Waals surface area contributed by atoms with Crippen molar-refractivity contribution in [1.82, 2.24) is 0 Å². The van der Waals surface area contributed by atoms with E-state index in [-0.39, 0.29) is 10.6 Å². The van der Waals surface area contributed by atoms with Gasteiger partial charge in [0.15, 0.2) is 0 Å². The lowest BCUT2D eigenvalue weighted by Gasteiger charge is -2.09. The molecule has 0 saturated heterocycles. The van der Waals surface area contributed by atoms with Crippen LogP contribution in [-0.4, -0.2) is 19.5 Å². The molecular formula is C13H9BrFNO4S. The van der Waals surface area contributed by atoms with Crippen LogP contribution in [0, 0.1) is 5.82 Å². The highest BCUT2D eigenvalue weighted by Gasteiger charge is 2.17. The molecule has 0 aliphatic rings. The Labute approximate surface area is 128 Å². The van der Waals surface area contributed by atoms with Crippen LogP contribution in [0.1, 0.15) is 10.4 Å². The molecule has 2 rings (SSSR count). The lowest BCUT2D eigenvalue weighted by molar-refractivity contribution is 0.0692. The largest absolute Gasteiger partial charge is 0.478 e. The Kier molecular flexibility index (Phi) is 4.29. The Morgan fingerprint density at radius 1 is 1.19 bits per heavy atom. The minimum atomic E-state index is -3.89. The summed E-state index contributed by atoms with van der Waals surface area (Å²) in [7, 11) is -3.89. The van der Waals surface area contributed by atoms with Crippen LogP contribution in [0.5, 0.6) is 0 Å². The first-order valence-electron chi connectivity index (χ1n) is 5.61. The standard InChI is InChI=1S/C13H9BrFNO4S/c14-8-2-1-3-10(6-8)21(19,20)16-9-4-5-12(15)11(7-9)13(17)18/h1-7,16H,(H,17,18). The third-order valence-electron chi connectivity index (χ3n) is 2.56. The molecule has 0 aliphatic heterocycles. The van der Waals surface area contributed by atoms with Gasteiger partial charge in [-0.25, -0.2) is 17.6 Å². The second-order valence-corrected chi connectivity index (χ2v) is 6.66. The molecule has 8 heteroatoms. The van der Waals surface area contributed by atoms with Crippen molar-refractivity contribution >= 4 is 37.6 Å². The lowest BCUT2D eigenvalue weighted by atomic mass is 10.2. The molecule has 0 unspecified atom stereocenters. The summed E-state index contributed by atoms with van der Waals surface area (Å²) in [6.45, 7) is 0. The third-order valence-corrected chi connectivity index (χ3v) is 4.43. The molecule has 0 amide bonds. The van der Waals surface area contributed by atoms with Gasteiger partial charge in [-0.2, -0.15) is 0 Å². The second kappa shape index (κ2) is 5.82. The Balaban J connectivity index is 2.37. The highest BCUT2D eigenvalue weighted by molar-refractivity contribution is 9.10. The van der Waals surface area contributed by atoms with Crippen LogP contribution in [0.25, 0.3) is 0 Å². The van der Waals surface area contributed by atoms with E-state index in [1.165, 1.54) is 12.1 Å². The van der Waals surface area contributed by atoms with Crippen molar-refractivity contribution in [2.75, 3.05) is 4.72 Å². The molecular weight excluding hydrogens is 365 g/mol. The Bertz CT molecular complexity index is 808. The molecule has 2 aromatic rings. The molecule has 0 aliphatic carbocycles. The summed E-state index contributed by atoms with van der Waals surface area (Å²) < 4.78 is 40.3. The summed E-state index contributed by atoms with van der Waals surface area (Å²) in [5.74, 6) is -2.41. The number of hydrogen-bond donors (Lipinski definition) is 2. The van der Waals surface area contributed by atoms with Gasteiger partial charge in [-0.3, -0.25) is 4.72 Å². The Morgan fingerprint density at radius 3 is 2.52 bits per heavy atom. The van der Waals surface area contributed by atoms with Gasteiger partial charge in [0.1, 0.15) is 5.82 Å². The van der Waals surface area contributed by atoms with Gasteiger partial charge in [-0.1, -0.05) is 22.0 Å². The van der Waals surface area contributed by atoms with Crippen LogP contribution in [0.15, 0.2) is 51.8 Å². The van der Waals surface area contributed by atoms with Crippen LogP contribution < -0.4 is 4.72 Å². The smallest absolute Gasteiger partial charge is 0.338 e. The monoisotopic (exact) mass is 373 g/mol. The van der Waals surface area contributed by atoms with Crippen LogP contribution in [0.3, 0.4) is 0 Å². The predicted molar refractivity (Wildman–Crippen MR) is 78.3 cm³/mol. The van der Waals surface area contributed by atoms with Gasteiger partial charge in [-0.15, -0.1) is 0 Å². The van der Waals surface area contributed by atoms with Crippen LogP contribution in [0.2, 0.25) is 0 Å². The Hall–Kier alpha value is -1.93. The second-order valence-electron chi connectivity index (χ2n) is 4.06. The quantitative estimate of drug-likeness (QED) is 0.862. The van der Waals surface area contributed by atoms with Crippen LogP contribution in [0.4, 0.5) is 10.1 Å². The summed E-state index contributed by atoms with van der Waals surface area (Å²) >= 11 is 3.16. The van der Waals surface area contributed by atoms with E-state index in [1.807, 2.05) is 0 Å². The number of benzene rings is 2. The molecule has 0 saturated carbocycles. The maximum atomic E-state index is 13.3. The number of carboxylic acids is 1. The molecule has 0 aromatic heterocycles. The fourth-order valence-corrected chi connectivity index (χ4v) is 3.25. The number of nitrogens with one attached hydrogen (secondary N) is 1. The normalized spacial score (nSPS) is 11.1. The number of carboxylic acid groups (broad SMARTS) is 1. The van der Waals surface area contributed by atoms with Crippen molar-refractivity contribution in [2.45, 2.75) is 4.90 Å². The molecule has 21 heavy (non-hydrogen) atoms. The first-order chi connectivity index (χ1) is 9.79. The van der Waals surface area contributed by atoms with Crippen LogP contribution in [-0.2, 0) is 10.0 Å². The summed E-state index contributed by atoms with van der Waals surface area (Å²) in [6, 6.07) is 8.96. The summed E-state index contributed by atoms with van der Waals surface area (Å²) in [5.41, 5.74) is -0.641. The van der Waals surface area contributed by atoms with Crippen molar-refractivity contribution in [3.05, 3.63) is 58.3 Å². The van der Waals surface area contributed by atoms with E-state index in [0.717, 1.165) is 18.2 Å². The zero-order valence-electron chi connectivity index (χ0n) is 10.4. The zero-order chi connectivity index (χ0) is 15.6. The molecule has 5 nitrogen and oxygen atoms in total. The van der Waals surface area contributed by atoms with Gasteiger partial charge >= 0.3 is 5.97 Å². The molecule has 0 radical (unpaired) electrons. The first-order valence-corrected chi connectivity index (χ1v) is 7.88. The summed E-state index contributed by atoms with van der Waals surface area (Å²) in [5, 5.41) is 8.82. The number of rotatable bonds is 4. The minimum Gasteiger partial charge on any atom is -0.478 e. The number of hydrogen-bond acceptors (Lipinski definition) is 3. The maximum Gasteiger partial charge on any atom is 0.338 e. The highest BCUT2D eigenvalue weighted by Crippen LogP contribution is 2.21. The molecule has 0 spiro atoms. The highest BCUT2D eigenvalue weighted by atomic mass is 79.9. The van der Waals surface area contributed by atoms with E-state index in [1.54, 1.807) is 12.1 Å². The van der Waals surface area contributed by atoms with Crippen molar-refractivity contribution in [3.63, 3.8) is 0 Å². The van der Waals surface area contributed by atoms with E-state index in [0.29, 0.717) is 4.47 Å². The van der Waals surface area contributed by atoms with E-state index < -0.39 is 27.4 Å². The molecule has 2 aromatic carbocycles. The van der Waals surface area contributed by atoms with Gasteiger partial charge < -0.3 is 5.11 Å². The number of carbonyl (C=O) groups is 1. The molecule has 0 fully saturated rings. The van der Waals surface area contributed by atoms with Gasteiger partial charge in [0, 0.05) is 10.2 Å². The zero-order valence-corrected chi connectivity index (χ0v) is 12.8. The number of halogens is 2. The fourth-order valence-electron chi connectivity index (χ4n) is 1.60. The number of aromatic carboxylic acids is 1. The minimum absolute atomic E-state index is 0.00178. The Morgan fingerprint density at radius 2 is 1.90 bits per heavy atom. The molecule has 110 valence electrons.